The van der Waals surface area contributed by atoms with Crippen LogP contribution in [-0.2, 0) is 4.79 Å². The number of nitrogens with one attached hydrogen (secondary N) is 2. The van der Waals surface area contributed by atoms with E-state index in [9.17, 15) is 20.0 Å². The number of hydrogen-bond acceptors (Lipinski definition) is 8. The van der Waals surface area contributed by atoms with Gasteiger partial charge in [-0.05, 0) is 17.7 Å². The number of hydrogen-bond donors (Lipinski definition) is 2. The van der Waals surface area contributed by atoms with Gasteiger partial charge in [-0.3, -0.25) is 14.9 Å². The Morgan fingerprint density at radius 3 is 2.88 bits per heavy atom. The first-order valence-electron chi connectivity index (χ1n) is 7.40. The van der Waals surface area contributed by atoms with Gasteiger partial charge in [0.2, 0.25) is 0 Å². The van der Waals surface area contributed by atoms with Gasteiger partial charge in [0.1, 0.15) is 0 Å². The molecule has 1 heterocycles. The normalized spacial score (nSPS) is 10.9. The molecule has 2 N–H and O–H groups in total. The number of anilines is 1. The number of nitro benzene ring substituents is 1. The molecule has 0 saturated heterocycles. The smallest absolute Gasteiger partial charge is 0.270 e. The van der Waals surface area contributed by atoms with Gasteiger partial charge in [0.15, 0.2) is 5.13 Å². The zero-order chi connectivity index (χ0) is 18.5. The second kappa shape index (κ2) is 7.57. The lowest BCUT2D eigenvalue weighted by atomic mass is 10.2. The van der Waals surface area contributed by atoms with Gasteiger partial charge in [0.05, 0.1) is 27.9 Å². The highest BCUT2D eigenvalue weighted by Crippen LogP contribution is 2.25. The van der Waals surface area contributed by atoms with Crippen LogP contribution in [0.15, 0.2) is 47.6 Å². The van der Waals surface area contributed by atoms with E-state index in [0.717, 1.165) is 34.6 Å². The Hall–Kier alpha value is -3.53. The number of aromatic nitrogens is 1. The molecule has 0 unspecified atom stereocenters. The van der Waals surface area contributed by atoms with Gasteiger partial charge >= 0.3 is 0 Å². The summed E-state index contributed by atoms with van der Waals surface area (Å²) in [7, 11) is 0. The summed E-state index contributed by atoms with van der Waals surface area (Å²) in [6.07, 6.45) is 1.07. The third-order valence-electron chi connectivity index (χ3n) is 3.29. The second-order valence-corrected chi connectivity index (χ2v) is 6.14. The van der Waals surface area contributed by atoms with Gasteiger partial charge in [-0.1, -0.05) is 35.3 Å². The van der Waals surface area contributed by atoms with Crippen LogP contribution in [-0.4, -0.2) is 28.6 Å². The Morgan fingerprint density at radius 1 is 1.31 bits per heavy atom. The molecule has 9 nitrogen and oxygen atoms in total. The molecule has 10 heteroatoms. The first-order valence-corrected chi connectivity index (χ1v) is 8.21. The van der Waals surface area contributed by atoms with Gasteiger partial charge in [-0.15, -0.1) is 0 Å². The summed E-state index contributed by atoms with van der Waals surface area (Å²) in [5, 5.41) is 29.5. The van der Waals surface area contributed by atoms with E-state index in [4.69, 9.17) is 0 Å². The van der Waals surface area contributed by atoms with Gasteiger partial charge < -0.3 is 10.4 Å². The van der Waals surface area contributed by atoms with Crippen LogP contribution in [0.2, 0.25) is 0 Å². The molecule has 132 valence electrons. The monoisotopic (exact) mass is 370 g/mol. The molecule has 3 rings (SSSR count). The number of nitrogens with zero attached hydrogens (tertiary/aromatic N) is 3. The van der Waals surface area contributed by atoms with Crippen LogP contribution in [0.5, 0.6) is 5.75 Å². The molecule has 0 aliphatic heterocycles. The lowest BCUT2D eigenvalue weighted by molar-refractivity contribution is -0.385. The minimum Gasteiger partial charge on any atom is -0.872 e. The van der Waals surface area contributed by atoms with Crippen molar-refractivity contribution in [3.05, 3.63) is 58.1 Å². The van der Waals surface area contributed by atoms with Crippen molar-refractivity contribution in [2.45, 2.75) is 0 Å². The summed E-state index contributed by atoms with van der Waals surface area (Å²) in [6, 6.07) is 10.9. The molecule has 2 aromatic carbocycles. The van der Waals surface area contributed by atoms with E-state index in [1.165, 1.54) is 11.3 Å². The van der Waals surface area contributed by atoms with E-state index in [-0.39, 0.29) is 17.8 Å². The number of benzene rings is 2. The quantitative estimate of drug-likeness (QED) is 0.386. The molecule has 0 radical (unpaired) electrons. The molecule has 1 aromatic heterocycles. The number of nitro groups is 1. The van der Waals surface area contributed by atoms with Crippen molar-refractivity contribution in [3.8, 4) is 5.75 Å². The number of thiazole rings is 1. The van der Waals surface area contributed by atoms with Crippen LogP contribution in [0.3, 0.4) is 0 Å². The zero-order valence-electron chi connectivity index (χ0n) is 13.2. The minimum absolute atomic E-state index is 0.0126. The Labute approximate surface area is 151 Å². The third-order valence-corrected chi connectivity index (χ3v) is 4.29. The summed E-state index contributed by atoms with van der Waals surface area (Å²) in [5.74, 6) is -0.875. The summed E-state index contributed by atoms with van der Waals surface area (Å²) in [5.41, 5.74) is 2.87. The van der Waals surface area contributed by atoms with E-state index in [1.807, 2.05) is 24.3 Å². The predicted octanol–water partition coefficient (Wildman–Crippen LogP) is 1.84. The largest absolute Gasteiger partial charge is 0.872 e. The van der Waals surface area contributed by atoms with E-state index in [2.05, 4.69) is 20.8 Å². The number of para-hydroxylation sites is 1. The summed E-state index contributed by atoms with van der Waals surface area (Å²) >= 11 is 1.42. The number of fused-ring (bicyclic) bond motifs is 1. The number of carbonyl (C=O) groups is 1. The molecule has 3 aromatic rings. The molecule has 0 saturated carbocycles. The fourth-order valence-corrected chi connectivity index (χ4v) is 2.93. The van der Waals surface area contributed by atoms with E-state index < -0.39 is 16.6 Å². The number of rotatable bonds is 6. The van der Waals surface area contributed by atoms with Crippen molar-refractivity contribution < 1.29 is 14.8 Å². The molecule has 0 atom stereocenters. The summed E-state index contributed by atoms with van der Waals surface area (Å²) < 4.78 is 1.00. The topological polar surface area (TPSA) is 133 Å². The number of amides is 1. The van der Waals surface area contributed by atoms with Crippen LogP contribution in [0.1, 0.15) is 5.56 Å². The fraction of sp³-hybridized carbons (Fsp3) is 0.0625. The first kappa shape index (κ1) is 17.3. The van der Waals surface area contributed by atoms with Crippen molar-refractivity contribution >= 4 is 44.5 Å². The third kappa shape index (κ3) is 4.11. The maximum absolute atomic E-state index is 11.8. The van der Waals surface area contributed by atoms with Gasteiger partial charge in [0.25, 0.3) is 11.6 Å². The van der Waals surface area contributed by atoms with Crippen LogP contribution in [0.25, 0.3) is 10.2 Å². The lowest BCUT2D eigenvalue weighted by Gasteiger charge is -2.08. The highest BCUT2D eigenvalue weighted by atomic mass is 32.1. The Morgan fingerprint density at radius 2 is 2.12 bits per heavy atom. The van der Waals surface area contributed by atoms with Gasteiger partial charge in [-0.2, -0.15) is 5.10 Å². The van der Waals surface area contributed by atoms with Crippen molar-refractivity contribution in [1.82, 2.24) is 10.4 Å². The van der Waals surface area contributed by atoms with Crippen LogP contribution in [0.4, 0.5) is 10.8 Å². The van der Waals surface area contributed by atoms with Gasteiger partial charge in [-0.25, -0.2) is 10.4 Å². The summed E-state index contributed by atoms with van der Waals surface area (Å²) in [4.78, 5) is 26.2. The maximum Gasteiger partial charge on any atom is 0.270 e. The Kier molecular flexibility index (Phi) is 5.04. The molecular weight excluding hydrogens is 358 g/mol. The van der Waals surface area contributed by atoms with Crippen molar-refractivity contribution in [3.63, 3.8) is 0 Å². The SMILES string of the molecule is O=C(CNc1nc2ccccc2s1)N/N=C\c1cc([N+](=O)[O-])ccc1[O-]. The highest BCUT2D eigenvalue weighted by molar-refractivity contribution is 7.22. The van der Waals surface area contributed by atoms with Crippen molar-refractivity contribution in [2.75, 3.05) is 11.9 Å². The zero-order valence-corrected chi connectivity index (χ0v) is 14.0. The highest BCUT2D eigenvalue weighted by Gasteiger charge is 2.07. The molecule has 1 amide bonds. The fourth-order valence-electron chi connectivity index (χ4n) is 2.07. The molecular formula is C16H12N5O4S-. The van der Waals surface area contributed by atoms with Crippen LogP contribution >= 0.6 is 11.3 Å². The molecule has 0 aliphatic rings. The molecule has 0 aliphatic carbocycles. The van der Waals surface area contributed by atoms with Crippen LogP contribution in [0, 0.1) is 10.1 Å². The lowest BCUT2D eigenvalue weighted by Crippen LogP contribution is -2.25. The number of carbonyl (C=O) groups excluding carboxylic acids is 1. The molecule has 0 bridgehead atoms. The van der Waals surface area contributed by atoms with E-state index in [1.54, 1.807) is 0 Å². The predicted molar refractivity (Wildman–Crippen MR) is 96.4 cm³/mol. The molecule has 0 fully saturated rings. The van der Waals surface area contributed by atoms with Crippen molar-refractivity contribution in [2.24, 2.45) is 5.10 Å². The molecule has 0 spiro atoms. The Bertz CT molecular complexity index is 968. The van der Waals surface area contributed by atoms with Crippen LogP contribution < -0.4 is 15.8 Å². The van der Waals surface area contributed by atoms with Crippen molar-refractivity contribution in [1.29, 1.82) is 0 Å². The van der Waals surface area contributed by atoms with E-state index >= 15 is 0 Å². The average molecular weight is 370 g/mol. The van der Waals surface area contributed by atoms with E-state index in [0.29, 0.717) is 5.13 Å². The second-order valence-electron chi connectivity index (χ2n) is 5.11. The first-order chi connectivity index (χ1) is 12.5. The maximum atomic E-state index is 11.8. The van der Waals surface area contributed by atoms with Gasteiger partial charge in [0, 0.05) is 12.1 Å². The minimum atomic E-state index is -0.614. The Balaban J connectivity index is 1.56. The standard InChI is InChI=1S/C16H13N5O4S/c22-13-6-5-11(21(24)25)7-10(13)8-18-20-15(23)9-17-16-19-12-3-1-2-4-14(12)26-16/h1-8,22H,9H2,(H,17,19)(H,20,23)/p-1/b18-8-. The number of non-ortho nitro benzene ring substituents is 1. The average Bonchev–Trinajstić information content (AvgIpc) is 3.04. The molecule has 26 heavy (non-hydrogen) atoms. The summed E-state index contributed by atoms with van der Waals surface area (Å²) in [6.45, 7) is -0.0592. The number of hydrazone groups is 1.